The predicted molar refractivity (Wildman–Crippen MR) is 254 cm³/mol. The molecule has 1 aliphatic carbocycles. The van der Waals surface area contributed by atoms with Crippen LogP contribution >= 0.6 is 21.6 Å². The van der Waals surface area contributed by atoms with Gasteiger partial charge < -0.3 is 39.0 Å². The van der Waals surface area contributed by atoms with Crippen molar-refractivity contribution in [1.82, 2.24) is 14.8 Å². The summed E-state index contributed by atoms with van der Waals surface area (Å²) in [5, 5.41) is 26.6. The molecular weight excluding hydrogens is 865 g/mol. The molecule has 13 nitrogen and oxygen atoms in total. The number of likely N-dealkylation sites (N-methyl/N-ethyl adjacent to an activating group) is 1. The van der Waals surface area contributed by atoms with Crippen molar-refractivity contribution >= 4 is 56.1 Å². The van der Waals surface area contributed by atoms with Gasteiger partial charge in [-0.05, 0) is 86.4 Å². The number of aromatic amines is 1. The molecule has 65 heavy (non-hydrogen) atoms. The molecule has 1 spiro atoms. The maximum Gasteiger partial charge on any atom is 0.344 e. The van der Waals surface area contributed by atoms with Gasteiger partial charge in [0.1, 0.15) is 11.2 Å². The van der Waals surface area contributed by atoms with E-state index in [9.17, 15) is 19.8 Å². The van der Waals surface area contributed by atoms with Crippen LogP contribution < -0.4 is 9.64 Å². The third-order valence-electron chi connectivity index (χ3n) is 16.1. The molecule has 3 aromatic rings. The number of rotatable bonds is 9. The minimum absolute atomic E-state index is 0.0371. The molecule has 1 unspecified atom stereocenters. The number of piperidine rings is 1. The summed E-state index contributed by atoms with van der Waals surface area (Å²) in [5.41, 5.74) is -1.72. The van der Waals surface area contributed by atoms with Gasteiger partial charge in [0.05, 0.1) is 33.0 Å². The normalized spacial score (nSPS) is 35.0. The van der Waals surface area contributed by atoms with Crippen LogP contribution in [0.15, 0.2) is 47.4 Å². The lowest BCUT2D eigenvalue weighted by Crippen LogP contribution is -2.81. The summed E-state index contributed by atoms with van der Waals surface area (Å²) >= 11 is 0. The number of aromatic nitrogens is 1. The van der Waals surface area contributed by atoms with Crippen LogP contribution in [0, 0.1) is 11.3 Å². The highest BCUT2D eigenvalue weighted by atomic mass is 33.1. The molecule has 0 radical (unpaired) electrons. The number of hydrogen-bond acceptors (Lipinski definition) is 14. The highest BCUT2D eigenvalue weighted by Gasteiger charge is 2.80. The quantitative estimate of drug-likeness (QED) is 0.0923. The third-order valence-corrected chi connectivity index (χ3v) is 19.4. The Hall–Kier alpha value is -3.73. The van der Waals surface area contributed by atoms with Gasteiger partial charge in [-0.1, -0.05) is 68.4 Å². The molecule has 6 heterocycles. The van der Waals surface area contributed by atoms with Gasteiger partial charge in [0.15, 0.2) is 6.10 Å². The van der Waals surface area contributed by atoms with Gasteiger partial charge in [0.2, 0.25) is 5.60 Å². The summed E-state index contributed by atoms with van der Waals surface area (Å²) in [6, 6.07) is 9.30. The van der Waals surface area contributed by atoms with E-state index in [-0.39, 0.29) is 16.7 Å². The van der Waals surface area contributed by atoms with Crippen LogP contribution in [0.4, 0.5) is 5.69 Å². The Morgan fingerprint density at radius 2 is 1.71 bits per heavy atom. The van der Waals surface area contributed by atoms with Crippen molar-refractivity contribution in [3.05, 3.63) is 64.9 Å². The number of H-pyrrole nitrogens is 1. The van der Waals surface area contributed by atoms with E-state index in [1.165, 1.54) is 21.1 Å². The van der Waals surface area contributed by atoms with Gasteiger partial charge in [0.25, 0.3) is 0 Å². The molecule has 2 saturated heterocycles. The molecule has 2 aromatic carbocycles. The number of aliphatic hydroxyl groups is 2. The summed E-state index contributed by atoms with van der Waals surface area (Å²) in [6.45, 7) is 15.2. The molecule has 10 atom stereocenters. The van der Waals surface area contributed by atoms with Crippen LogP contribution in [-0.2, 0) is 45.8 Å². The highest BCUT2D eigenvalue weighted by Crippen LogP contribution is 2.68. The van der Waals surface area contributed by atoms with Gasteiger partial charge in [-0.15, -0.1) is 0 Å². The summed E-state index contributed by atoms with van der Waals surface area (Å²) < 4.78 is 24.2. The van der Waals surface area contributed by atoms with Crippen molar-refractivity contribution in [2.24, 2.45) is 11.3 Å². The molecule has 9 rings (SSSR count). The maximum absolute atomic E-state index is 15.6. The topological polar surface area (TPSA) is 154 Å². The van der Waals surface area contributed by atoms with Gasteiger partial charge >= 0.3 is 17.9 Å². The fourth-order valence-corrected chi connectivity index (χ4v) is 15.7. The fourth-order valence-electron chi connectivity index (χ4n) is 13.8. The summed E-state index contributed by atoms with van der Waals surface area (Å²) in [6.07, 6.45) is 5.89. The number of carbonyl (C=O) groups is 3. The Balaban J connectivity index is 1.35. The summed E-state index contributed by atoms with van der Waals surface area (Å²) in [7, 11) is 9.74. The average Bonchev–Trinajstić information content (AvgIpc) is 3.94. The number of anilines is 1. The third kappa shape index (κ3) is 6.74. The largest absolute Gasteiger partial charge is 0.496 e. The second-order valence-corrected chi connectivity index (χ2v) is 23.7. The Morgan fingerprint density at radius 1 is 0.954 bits per heavy atom. The maximum atomic E-state index is 15.6. The van der Waals surface area contributed by atoms with E-state index in [4.69, 9.17) is 18.9 Å². The van der Waals surface area contributed by atoms with E-state index in [0.29, 0.717) is 82.6 Å². The first kappa shape index (κ1) is 46.4. The number of benzene rings is 2. The van der Waals surface area contributed by atoms with Gasteiger partial charge in [0, 0.05) is 101 Å². The van der Waals surface area contributed by atoms with Crippen LogP contribution in [-0.4, -0.2) is 138 Å². The lowest BCUT2D eigenvalue weighted by Gasteiger charge is -2.63. The number of hydrogen-bond donors (Lipinski definition) is 3. The Bertz CT molecular complexity index is 2450. The number of fused-ring (bicyclic) bond motifs is 6. The van der Waals surface area contributed by atoms with E-state index in [2.05, 4.69) is 72.0 Å². The van der Waals surface area contributed by atoms with Crippen molar-refractivity contribution in [2.75, 3.05) is 66.0 Å². The Kier molecular flexibility index (Phi) is 11.6. The van der Waals surface area contributed by atoms with Crippen LogP contribution in [0.25, 0.3) is 10.9 Å². The van der Waals surface area contributed by atoms with Crippen LogP contribution in [0.3, 0.4) is 0 Å². The number of methoxy groups -OCH3 is 3. The number of nitrogens with zero attached hydrogens (tertiary/aromatic N) is 3. The first-order valence-corrected chi connectivity index (χ1v) is 25.3. The fraction of sp³-hybridized carbons (Fsp3) is 0.620. The first-order valence-electron chi connectivity index (χ1n) is 23.2. The standard InChI is InChI=1S/C50H66N4O9S2/c1-11-46(58)25-30-26-49(43(56)61-9,39-32(16-20-53(27-30)28-46)33-22-31(14-15-36(33)51-39)64-65-45(4,5)6)35-23-34-37(24-38(35)60-8)52(7)41-48(34)18-21-54-19-13-17-47(12-2,40(48)54)42(63-29(3)55)50(41,59)44(57)62-10/h13-15,17,22-24,30,40-42,51,58-59H,11-12,16,18-21,25-28H2,1-10H3/t30-,40+,41-,42-,46+,47-,48-,49+,50+/m1/s1. The summed E-state index contributed by atoms with van der Waals surface area (Å²) in [4.78, 5) is 54.9. The number of carbonyl (C=O) groups excluding carboxylic acids is 3. The zero-order valence-electron chi connectivity index (χ0n) is 39.5. The number of esters is 3. The second-order valence-electron chi connectivity index (χ2n) is 20.6. The lowest BCUT2D eigenvalue weighted by atomic mass is 9.47. The molecule has 0 amide bonds. The molecule has 352 valence electrons. The minimum Gasteiger partial charge on any atom is -0.496 e. The van der Waals surface area contributed by atoms with E-state index in [1.807, 2.05) is 42.7 Å². The van der Waals surface area contributed by atoms with Gasteiger partial charge in [-0.3, -0.25) is 19.4 Å². The van der Waals surface area contributed by atoms with E-state index >= 15 is 4.79 Å². The van der Waals surface area contributed by atoms with Crippen molar-refractivity contribution in [3.63, 3.8) is 0 Å². The van der Waals surface area contributed by atoms with Gasteiger partial charge in [-0.25, -0.2) is 4.79 Å². The molecule has 6 aliphatic rings. The van der Waals surface area contributed by atoms with Crippen molar-refractivity contribution in [3.8, 4) is 5.75 Å². The van der Waals surface area contributed by atoms with Crippen LogP contribution in [0.5, 0.6) is 5.75 Å². The van der Waals surface area contributed by atoms with Crippen LogP contribution in [0.1, 0.15) is 96.0 Å². The molecule has 3 fully saturated rings. The monoisotopic (exact) mass is 930 g/mol. The average molecular weight is 931 g/mol. The Labute approximate surface area is 390 Å². The van der Waals surface area contributed by atoms with E-state index < -0.39 is 57.5 Å². The zero-order chi connectivity index (χ0) is 46.6. The molecular formula is C50H66N4O9S2. The van der Waals surface area contributed by atoms with Crippen molar-refractivity contribution in [2.45, 2.75) is 130 Å². The van der Waals surface area contributed by atoms with Crippen molar-refractivity contribution < 1.29 is 43.5 Å². The highest BCUT2D eigenvalue weighted by molar-refractivity contribution is 8.77. The molecule has 3 N–H and O–H groups in total. The SMILES string of the molecule is CC[C@]1(O)C[C@H]2CN(CCc3c([nH]c4ccc(SSC(C)(C)C)cc34)[C@@](C(=O)OC)(c3cc4c(cc3OC)N(C)[C@H]3[C@@](O)(C(=O)OC)[C@H](OC(C)=O)[C@]5(CC)C=CCN6CC[C@]43[C@@H]65)C2)C1. The second kappa shape index (κ2) is 16.2. The van der Waals surface area contributed by atoms with Gasteiger partial charge in [-0.2, -0.15) is 0 Å². The smallest absolute Gasteiger partial charge is 0.344 e. The molecule has 1 aromatic heterocycles. The molecule has 2 bridgehead atoms. The Morgan fingerprint density at radius 3 is 2.37 bits per heavy atom. The summed E-state index contributed by atoms with van der Waals surface area (Å²) in [5.74, 6) is -1.59. The minimum atomic E-state index is -2.31. The van der Waals surface area contributed by atoms with Crippen LogP contribution in [0.2, 0.25) is 0 Å². The predicted octanol–water partition coefficient (Wildman–Crippen LogP) is 6.53. The molecule has 1 saturated carbocycles. The van der Waals surface area contributed by atoms with E-state index in [0.717, 1.165) is 38.3 Å². The van der Waals surface area contributed by atoms with Crippen molar-refractivity contribution in [1.29, 1.82) is 0 Å². The lowest BCUT2D eigenvalue weighted by molar-refractivity contribution is -0.228. The molecule has 5 aliphatic heterocycles. The number of nitrogens with one attached hydrogen (secondary N) is 1. The van der Waals surface area contributed by atoms with E-state index in [1.54, 1.807) is 17.9 Å². The molecule has 15 heteroatoms. The first-order chi connectivity index (χ1) is 30.8. The number of ether oxygens (including phenoxy) is 4. The zero-order valence-corrected chi connectivity index (χ0v) is 41.2.